The first kappa shape index (κ1) is 17.0. The minimum atomic E-state index is -1.01. The molecular formula is C17H23NO3. The second kappa shape index (κ2) is 8.25. The van der Waals surface area contributed by atoms with Gasteiger partial charge in [-0.25, -0.2) is 4.79 Å². The van der Waals surface area contributed by atoms with Crippen LogP contribution in [0.4, 0.5) is 0 Å². The summed E-state index contributed by atoms with van der Waals surface area (Å²) in [6, 6.07) is 7.06. The van der Waals surface area contributed by atoms with Crippen molar-refractivity contribution in [2.45, 2.75) is 45.6 Å². The van der Waals surface area contributed by atoms with Gasteiger partial charge in [-0.15, -0.1) is 0 Å². The molecule has 4 heteroatoms. The van der Waals surface area contributed by atoms with Crippen molar-refractivity contribution < 1.29 is 14.7 Å². The smallest absolute Gasteiger partial charge is 0.326 e. The van der Waals surface area contributed by atoms with Gasteiger partial charge in [-0.1, -0.05) is 43.3 Å². The van der Waals surface area contributed by atoms with E-state index in [4.69, 9.17) is 5.11 Å². The number of hydrogen-bond donors (Lipinski definition) is 2. The molecule has 2 N–H and O–H groups in total. The lowest BCUT2D eigenvalue weighted by molar-refractivity contribution is -0.141. The standard InChI is InChI=1S/C17H23NO3/c1-4-5-10-15(17(20)21)18-16(19)11-13(3)14-9-7-6-8-12(14)2/h4-9,13,15H,10-11H2,1-3H3,(H,18,19)(H,20,21)/b5-4+. The van der Waals surface area contributed by atoms with Gasteiger partial charge in [-0.3, -0.25) is 4.79 Å². The van der Waals surface area contributed by atoms with E-state index in [1.54, 1.807) is 12.2 Å². The number of amides is 1. The van der Waals surface area contributed by atoms with Crippen LogP contribution in [-0.2, 0) is 9.59 Å². The molecule has 1 aromatic rings. The number of rotatable bonds is 7. The number of benzene rings is 1. The lowest BCUT2D eigenvalue weighted by atomic mass is 9.93. The summed E-state index contributed by atoms with van der Waals surface area (Å²) in [4.78, 5) is 23.1. The maximum atomic E-state index is 12.0. The molecule has 0 aliphatic heterocycles. The van der Waals surface area contributed by atoms with Gasteiger partial charge in [-0.2, -0.15) is 0 Å². The largest absolute Gasteiger partial charge is 0.480 e. The first-order valence-corrected chi connectivity index (χ1v) is 7.14. The summed E-state index contributed by atoms with van der Waals surface area (Å²) in [5.74, 6) is -1.19. The Morgan fingerprint density at radius 1 is 1.33 bits per heavy atom. The lowest BCUT2D eigenvalue weighted by Gasteiger charge is -2.17. The molecule has 21 heavy (non-hydrogen) atoms. The summed E-state index contributed by atoms with van der Waals surface area (Å²) in [5.41, 5.74) is 2.26. The van der Waals surface area contributed by atoms with Gasteiger partial charge in [-0.05, 0) is 37.3 Å². The van der Waals surface area contributed by atoms with Gasteiger partial charge in [0.15, 0.2) is 0 Å². The first-order valence-electron chi connectivity index (χ1n) is 7.14. The number of carbonyl (C=O) groups excluding carboxylic acids is 1. The van der Waals surface area contributed by atoms with Gasteiger partial charge in [0.25, 0.3) is 0 Å². The topological polar surface area (TPSA) is 66.4 Å². The second-order valence-electron chi connectivity index (χ2n) is 5.22. The van der Waals surface area contributed by atoms with Gasteiger partial charge in [0.1, 0.15) is 6.04 Å². The molecule has 1 aromatic carbocycles. The number of carboxylic acids is 1. The summed E-state index contributed by atoms with van der Waals surface area (Å²) >= 11 is 0. The molecule has 0 fully saturated rings. The molecule has 4 nitrogen and oxygen atoms in total. The van der Waals surface area contributed by atoms with E-state index in [0.29, 0.717) is 6.42 Å². The van der Waals surface area contributed by atoms with Crippen LogP contribution in [-0.4, -0.2) is 23.0 Å². The predicted octanol–water partition coefficient (Wildman–Crippen LogP) is 3.02. The Bertz CT molecular complexity index is 523. The number of aliphatic carboxylic acids is 1. The van der Waals surface area contributed by atoms with Crippen LogP contribution >= 0.6 is 0 Å². The molecule has 114 valence electrons. The Morgan fingerprint density at radius 2 is 2.00 bits per heavy atom. The zero-order valence-corrected chi connectivity index (χ0v) is 12.8. The van der Waals surface area contributed by atoms with Crippen molar-refractivity contribution in [2.75, 3.05) is 0 Å². The molecule has 2 atom stereocenters. The van der Waals surface area contributed by atoms with Crippen LogP contribution in [0.5, 0.6) is 0 Å². The van der Waals surface area contributed by atoms with Crippen LogP contribution in [0.15, 0.2) is 36.4 Å². The number of aryl methyl sites for hydroxylation is 1. The van der Waals surface area contributed by atoms with Gasteiger partial charge in [0.05, 0.1) is 0 Å². The van der Waals surface area contributed by atoms with E-state index in [9.17, 15) is 9.59 Å². The Kier molecular flexibility index (Phi) is 6.66. The Balaban J connectivity index is 2.63. The van der Waals surface area contributed by atoms with E-state index in [2.05, 4.69) is 5.32 Å². The van der Waals surface area contributed by atoms with E-state index in [1.807, 2.05) is 45.0 Å². The third kappa shape index (κ3) is 5.42. The predicted molar refractivity (Wildman–Crippen MR) is 83.2 cm³/mol. The lowest BCUT2D eigenvalue weighted by Crippen LogP contribution is -2.40. The Morgan fingerprint density at radius 3 is 2.57 bits per heavy atom. The molecule has 0 aromatic heterocycles. The monoisotopic (exact) mass is 289 g/mol. The van der Waals surface area contributed by atoms with Crippen molar-refractivity contribution in [3.05, 3.63) is 47.5 Å². The number of hydrogen-bond acceptors (Lipinski definition) is 2. The van der Waals surface area contributed by atoms with Crippen LogP contribution in [0.3, 0.4) is 0 Å². The Labute approximate surface area is 125 Å². The fraction of sp³-hybridized carbons (Fsp3) is 0.412. The summed E-state index contributed by atoms with van der Waals surface area (Å²) < 4.78 is 0. The highest BCUT2D eigenvalue weighted by molar-refractivity contribution is 5.84. The van der Waals surface area contributed by atoms with E-state index in [1.165, 1.54) is 0 Å². The molecule has 0 spiro atoms. The van der Waals surface area contributed by atoms with Crippen LogP contribution in [0, 0.1) is 6.92 Å². The second-order valence-corrected chi connectivity index (χ2v) is 5.22. The van der Waals surface area contributed by atoms with Crippen LogP contribution < -0.4 is 5.32 Å². The molecule has 0 bridgehead atoms. The molecule has 0 radical (unpaired) electrons. The van der Waals surface area contributed by atoms with Crippen molar-refractivity contribution in [3.8, 4) is 0 Å². The van der Waals surface area contributed by atoms with E-state index in [0.717, 1.165) is 11.1 Å². The summed E-state index contributed by atoms with van der Waals surface area (Å²) in [6.45, 7) is 5.81. The van der Waals surface area contributed by atoms with Crippen molar-refractivity contribution in [3.63, 3.8) is 0 Å². The van der Waals surface area contributed by atoms with E-state index < -0.39 is 12.0 Å². The zero-order chi connectivity index (χ0) is 15.8. The van der Waals surface area contributed by atoms with E-state index in [-0.39, 0.29) is 18.2 Å². The van der Waals surface area contributed by atoms with E-state index >= 15 is 0 Å². The minimum absolute atomic E-state index is 0.0577. The summed E-state index contributed by atoms with van der Waals surface area (Å²) in [6.07, 6.45) is 4.10. The fourth-order valence-electron chi connectivity index (χ4n) is 2.27. The number of allylic oxidation sites excluding steroid dienone is 1. The van der Waals surface area contributed by atoms with Crippen molar-refractivity contribution in [2.24, 2.45) is 0 Å². The maximum absolute atomic E-state index is 12.0. The van der Waals surface area contributed by atoms with Crippen molar-refractivity contribution >= 4 is 11.9 Å². The molecule has 0 saturated heterocycles. The average molecular weight is 289 g/mol. The molecule has 0 aliphatic carbocycles. The summed E-state index contributed by atoms with van der Waals surface area (Å²) in [5, 5.41) is 11.7. The SMILES string of the molecule is C/C=C/CC(NC(=O)CC(C)c1ccccc1C)C(=O)O. The molecule has 0 aliphatic rings. The van der Waals surface area contributed by atoms with Crippen LogP contribution in [0.2, 0.25) is 0 Å². The van der Waals surface area contributed by atoms with Crippen LogP contribution in [0.25, 0.3) is 0 Å². The van der Waals surface area contributed by atoms with Crippen molar-refractivity contribution in [1.29, 1.82) is 0 Å². The van der Waals surface area contributed by atoms with Crippen LogP contribution in [0.1, 0.15) is 43.7 Å². The number of carboxylic acid groups (broad SMARTS) is 1. The van der Waals surface area contributed by atoms with Gasteiger partial charge >= 0.3 is 5.97 Å². The molecule has 1 rings (SSSR count). The zero-order valence-electron chi connectivity index (χ0n) is 12.8. The number of carbonyl (C=O) groups is 2. The fourth-order valence-corrected chi connectivity index (χ4v) is 2.27. The molecule has 2 unspecified atom stereocenters. The molecule has 0 heterocycles. The first-order chi connectivity index (χ1) is 9.95. The average Bonchev–Trinajstić information content (AvgIpc) is 2.43. The quantitative estimate of drug-likeness (QED) is 0.758. The normalized spacial score (nSPS) is 13.9. The highest BCUT2D eigenvalue weighted by Gasteiger charge is 2.20. The van der Waals surface area contributed by atoms with Crippen molar-refractivity contribution in [1.82, 2.24) is 5.32 Å². The molecule has 0 saturated carbocycles. The maximum Gasteiger partial charge on any atom is 0.326 e. The number of nitrogens with one attached hydrogen (secondary N) is 1. The van der Waals surface area contributed by atoms with Gasteiger partial charge in [0, 0.05) is 6.42 Å². The Hall–Kier alpha value is -2.10. The van der Waals surface area contributed by atoms with Gasteiger partial charge < -0.3 is 10.4 Å². The summed E-state index contributed by atoms with van der Waals surface area (Å²) in [7, 11) is 0. The minimum Gasteiger partial charge on any atom is -0.480 e. The highest BCUT2D eigenvalue weighted by Crippen LogP contribution is 2.22. The molecule has 1 amide bonds. The third-order valence-corrected chi connectivity index (χ3v) is 3.45. The van der Waals surface area contributed by atoms with Gasteiger partial charge in [0.2, 0.25) is 5.91 Å². The third-order valence-electron chi connectivity index (χ3n) is 3.45. The molecular weight excluding hydrogens is 266 g/mol. The highest BCUT2D eigenvalue weighted by atomic mass is 16.4.